The van der Waals surface area contributed by atoms with Crippen molar-refractivity contribution in [3.05, 3.63) is 45.0 Å². The number of allylic oxidation sites excluding steroid dienone is 1. The Morgan fingerprint density at radius 3 is 2.44 bits per heavy atom. The van der Waals surface area contributed by atoms with Crippen LogP contribution in [0, 0.1) is 0 Å². The summed E-state index contributed by atoms with van der Waals surface area (Å²) in [5.41, 5.74) is 7.16. The van der Waals surface area contributed by atoms with Crippen LogP contribution in [-0.2, 0) is 15.3 Å². The van der Waals surface area contributed by atoms with Crippen molar-refractivity contribution >= 4 is 31.9 Å². The lowest BCUT2D eigenvalue weighted by Gasteiger charge is -2.32. The van der Waals surface area contributed by atoms with Crippen molar-refractivity contribution < 1.29 is 9.47 Å². The summed E-state index contributed by atoms with van der Waals surface area (Å²) in [5, 5.41) is 0. The Balaban J connectivity index is 3.16. The van der Waals surface area contributed by atoms with E-state index in [-0.39, 0.29) is 0 Å². The van der Waals surface area contributed by atoms with Gasteiger partial charge in [0.15, 0.2) is 5.79 Å². The molecule has 1 aromatic rings. The summed E-state index contributed by atoms with van der Waals surface area (Å²) in [4.78, 5) is 0. The van der Waals surface area contributed by atoms with Crippen LogP contribution in [0.2, 0.25) is 0 Å². The van der Waals surface area contributed by atoms with Gasteiger partial charge in [0.05, 0.1) is 0 Å². The minimum atomic E-state index is -0.828. The van der Waals surface area contributed by atoms with Crippen molar-refractivity contribution in [2.75, 3.05) is 14.2 Å². The summed E-state index contributed by atoms with van der Waals surface area (Å²) in [7, 11) is 3.24. The molecule has 0 heterocycles. The summed E-state index contributed by atoms with van der Waals surface area (Å²) in [6.45, 7) is 3.71. The molecule has 1 aromatic carbocycles. The van der Waals surface area contributed by atoms with Crippen LogP contribution in [0.1, 0.15) is 18.4 Å². The van der Waals surface area contributed by atoms with Crippen molar-refractivity contribution in [2.45, 2.75) is 18.6 Å². The summed E-state index contributed by atoms with van der Waals surface area (Å²) in [6.07, 6.45) is 1.23. The molecule has 0 amide bonds. The van der Waals surface area contributed by atoms with Crippen LogP contribution in [0.4, 0.5) is 0 Å². The molecule has 0 unspecified atom stereocenters. The zero-order valence-electron chi connectivity index (χ0n) is 10.5. The van der Waals surface area contributed by atoms with Gasteiger partial charge in [0.2, 0.25) is 0 Å². The van der Waals surface area contributed by atoms with Crippen molar-refractivity contribution in [1.82, 2.24) is 0 Å². The van der Waals surface area contributed by atoms with Gasteiger partial charge in [0.1, 0.15) is 0 Å². The highest BCUT2D eigenvalue weighted by Gasteiger charge is 2.33. The second-order valence-electron chi connectivity index (χ2n) is 3.94. The fourth-order valence-electron chi connectivity index (χ4n) is 1.76. The predicted octanol–water partition coefficient (Wildman–Crippen LogP) is 3.91. The topological polar surface area (TPSA) is 44.5 Å². The van der Waals surface area contributed by atoms with E-state index in [1.165, 1.54) is 0 Å². The Hall–Kier alpha value is -0.360. The van der Waals surface area contributed by atoms with E-state index >= 15 is 0 Å². The Kier molecular flexibility index (Phi) is 5.85. The molecule has 0 spiro atoms. The van der Waals surface area contributed by atoms with Crippen molar-refractivity contribution in [2.24, 2.45) is 5.73 Å². The normalized spacial score (nSPS) is 11.6. The number of hydrogen-bond acceptors (Lipinski definition) is 3. The standard InChI is InChI=1S/C13H17Br2NO2/c1-9(16)6-7-13(17-2,18-3)11-8-10(14)4-5-12(11)15/h4-5,8H,1,6-7,16H2,2-3H3. The van der Waals surface area contributed by atoms with E-state index < -0.39 is 5.79 Å². The Labute approximate surface area is 125 Å². The van der Waals surface area contributed by atoms with Gasteiger partial charge in [0.25, 0.3) is 0 Å². The predicted molar refractivity (Wildman–Crippen MR) is 80.1 cm³/mol. The molecule has 0 aliphatic carbocycles. The maximum Gasteiger partial charge on any atom is 0.195 e. The second-order valence-corrected chi connectivity index (χ2v) is 5.71. The molecule has 1 rings (SSSR count). The zero-order chi connectivity index (χ0) is 13.8. The number of ether oxygens (including phenoxy) is 2. The molecular weight excluding hydrogens is 362 g/mol. The number of halogens is 2. The molecule has 0 aromatic heterocycles. The molecule has 0 aliphatic rings. The van der Waals surface area contributed by atoms with E-state index in [4.69, 9.17) is 15.2 Å². The minimum Gasteiger partial charge on any atom is -0.403 e. The van der Waals surface area contributed by atoms with Crippen LogP contribution >= 0.6 is 31.9 Å². The zero-order valence-corrected chi connectivity index (χ0v) is 13.7. The SMILES string of the molecule is C=C(N)CCC(OC)(OC)c1cc(Br)ccc1Br. The molecule has 18 heavy (non-hydrogen) atoms. The molecule has 0 saturated heterocycles. The molecule has 100 valence electrons. The smallest absolute Gasteiger partial charge is 0.195 e. The number of hydrogen-bond donors (Lipinski definition) is 1. The van der Waals surface area contributed by atoms with Gasteiger partial charge >= 0.3 is 0 Å². The van der Waals surface area contributed by atoms with Crippen molar-refractivity contribution in [1.29, 1.82) is 0 Å². The third-order valence-electron chi connectivity index (χ3n) is 2.77. The van der Waals surface area contributed by atoms with Crippen molar-refractivity contribution in [3.63, 3.8) is 0 Å². The second kappa shape index (κ2) is 6.70. The maximum absolute atomic E-state index is 5.63. The van der Waals surface area contributed by atoms with Gasteiger partial charge in [0, 0.05) is 40.8 Å². The van der Waals surface area contributed by atoms with Gasteiger partial charge in [-0.2, -0.15) is 0 Å². The van der Waals surface area contributed by atoms with Crippen LogP contribution in [0.15, 0.2) is 39.4 Å². The first kappa shape index (κ1) is 15.7. The molecule has 0 radical (unpaired) electrons. The van der Waals surface area contributed by atoms with Crippen molar-refractivity contribution in [3.8, 4) is 0 Å². The van der Waals surface area contributed by atoms with E-state index in [0.717, 1.165) is 14.5 Å². The average molecular weight is 379 g/mol. The number of methoxy groups -OCH3 is 2. The lowest BCUT2D eigenvalue weighted by Crippen LogP contribution is -2.31. The molecule has 0 aliphatic heterocycles. The van der Waals surface area contributed by atoms with Crippen LogP contribution in [0.3, 0.4) is 0 Å². The highest BCUT2D eigenvalue weighted by Crippen LogP contribution is 2.37. The number of rotatable bonds is 6. The number of benzene rings is 1. The largest absolute Gasteiger partial charge is 0.403 e. The van der Waals surface area contributed by atoms with E-state index in [9.17, 15) is 0 Å². The third-order valence-corrected chi connectivity index (χ3v) is 3.96. The summed E-state index contributed by atoms with van der Waals surface area (Å²) < 4.78 is 13.1. The van der Waals surface area contributed by atoms with Gasteiger partial charge < -0.3 is 15.2 Å². The van der Waals surface area contributed by atoms with E-state index in [1.54, 1.807) is 14.2 Å². The van der Waals surface area contributed by atoms with Gasteiger partial charge in [-0.1, -0.05) is 38.4 Å². The molecule has 0 bridgehead atoms. The molecule has 0 fully saturated rings. The highest BCUT2D eigenvalue weighted by molar-refractivity contribution is 9.11. The molecule has 0 saturated carbocycles. The average Bonchev–Trinajstić information content (AvgIpc) is 2.35. The fraction of sp³-hybridized carbons (Fsp3) is 0.385. The third kappa shape index (κ3) is 3.57. The quantitative estimate of drug-likeness (QED) is 0.763. The van der Waals surface area contributed by atoms with Crippen LogP contribution < -0.4 is 5.73 Å². The monoisotopic (exact) mass is 377 g/mol. The van der Waals surface area contributed by atoms with Gasteiger partial charge in [-0.25, -0.2) is 0 Å². The Bertz CT molecular complexity index is 431. The molecule has 0 atom stereocenters. The molecule has 5 heteroatoms. The first-order valence-corrected chi connectivity index (χ1v) is 7.03. The first-order chi connectivity index (χ1) is 8.45. The number of nitrogens with two attached hydrogens (primary N) is 1. The lowest BCUT2D eigenvalue weighted by molar-refractivity contribution is -0.220. The fourth-order valence-corrected chi connectivity index (χ4v) is 2.67. The van der Waals surface area contributed by atoms with E-state index in [0.29, 0.717) is 18.5 Å². The van der Waals surface area contributed by atoms with Gasteiger partial charge in [-0.15, -0.1) is 0 Å². The Morgan fingerprint density at radius 1 is 1.33 bits per heavy atom. The minimum absolute atomic E-state index is 0.602. The molecular formula is C13H17Br2NO2. The maximum atomic E-state index is 5.63. The Morgan fingerprint density at radius 2 is 1.94 bits per heavy atom. The first-order valence-electron chi connectivity index (χ1n) is 5.44. The van der Waals surface area contributed by atoms with E-state index in [2.05, 4.69) is 38.4 Å². The van der Waals surface area contributed by atoms with E-state index in [1.807, 2.05) is 18.2 Å². The van der Waals surface area contributed by atoms with Gasteiger partial charge in [-0.3, -0.25) is 0 Å². The highest BCUT2D eigenvalue weighted by atomic mass is 79.9. The van der Waals surface area contributed by atoms with Gasteiger partial charge in [-0.05, 0) is 24.6 Å². The molecule has 2 N–H and O–H groups in total. The molecule has 3 nitrogen and oxygen atoms in total. The summed E-state index contributed by atoms with van der Waals surface area (Å²) in [5.74, 6) is -0.828. The lowest BCUT2D eigenvalue weighted by atomic mass is 9.99. The van der Waals surface area contributed by atoms with Crippen LogP contribution in [0.5, 0.6) is 0 Å². The van der Waals surface area contributed by atoms with Crippen LogP contribution in [-0.4, -0.2) is 14.2 Å². The summed E-state index contributed by atoms with van der Waals surface area (Å²) >= 11 is 6.97. The summed E-state index contributed by atoms with van der Waals surface area (Å²) in [6, 6.07) is 5.87. The van der Waals surface area contributed by atoms with Crippen LogP contribution in [0.25, 0.3) is 0 Å².